The fourth-order valence-corrected chi connectivity index (χ4v) is 2.96. The number of rotatable bonds is 5. The van der Waals surface area contributed by atoms with Gasteiger partial charge in [0.2, 0.25) is 0 Å². The van der Waals surface area contributed by atoms with E-state index in [9.17, 15) is 4.39 Å². The lowest BCUT2D eigenvalue weighted by Gasteiger charge is -2.19. The topological polar surface area (TPSA) is 12.0 Å². The zero-order valence-corrected chi connectivity index (χ0v) is 14.3. The minimum atomic E-state index is -0.200. The summed E-state index contributed by atoms with van der Waals surface area (Å²) in [5, 5.41) is 3.35. The Morgan fingerprint density at radius 1 is 1.10 bits per heavy atom. The van der Waals surface area contributed by atoms with Crippen LogP contribution in [0, 0.1) is 19.7 Å². The molecular formula is C18H21BrFN. The quantitative estimate of drug-likeness (QED) is 0.832. The normalized spacial score (nSPS) is 12.4. The number of aryl methyl sites for hydroxylation is 2. The first kappa shape index (κ1) is 16.2. The summed E-state index contributed by atoms with van der Waals surface area (Å²) >= 11 is 3.35. The van der Waals surface area contributed by atoms with E-state index in [1.54, 1.807) is 6.07 Å². The van der Waals surface area contributed by atoms with Crippen molar-refractivity contribution in [3.05, 3.63) is 68.9 Å². The van der Waals surface area contributed by atoms with Crippen molar-refractivity contribution in [1.29, 1.82) is 0 Å². The highest BCUT2D eigenvalue weighted by Crippen LogP contribution is 2.23. The fourth-order valence-electron chi connectivity index (χ4n) is 2.53. The van der Waals surface area contributed by atoms with Crippen LogP contribution in [0.15, 0.2) is 40.9 Å². The van der Waals surface area contributed by atoms with E-state index in [1.165, 1.54) is 22.8 Å². The van der Waals surface area contributed by atoms with Gasteiger partial charge in [-0.25, -0.2) is 4.39 Å². The van der Waals surface area contributed by atoms with E-state index in [0.717, 1.165) is 18.4 Å². The molecule has 1 atom stereocenters. The number of hydrogen-bond donors (Lipinski definition) is 1. The summed E-state index contributed by atoms with van der Waals surface area (Å²) in [5.74, 6) is -0.200. The fraction of sp³-hybridized carbons (Fsp3) is 0.333. The van der Waals surface area contributed by atoms with Crippen LogP contribution in [0.3, 0.4) is 0 Å². The smallest absolute Gasteiger partial charge is 0.137 e. The van der Waals surface area contributed by atoms with E-state index in [1.807, 2.05) is 13.1 Å². The van der Waals surface area contributed by atoms with Gasteiger partial charge in [-0.2, -0.15) is 0 Å². The standard InChI is InChI=1S/C18H21BrFN/c1-12-7-8-13(2)15(9-12)11-16(21-3)10-14-5-4-6-17(20)18(14)19/h4-9,16,21H,10-11H2,1-3H3. The van der Waals surface area contributed by atoms with Crippen molar-refractivity contribution in [3.63, 3.8) is 0 Å². The molecule has 0 aliphatic carbocycles. The molecule has 112 valence electrons. The molecule has 0 radical (unpaired) electrons. The second-order valence-corrected chi connectivity index (χ2v) is 6.33. The summed E-state index contributed by atoms with van der Waals surface area (Å²) in [4.78, 5) is 0. The second kappa shape index (κ2) is 7.19. The highest BCUT2D eigenvalue weighted by atomic mass is 79.9. The first-order valence-corrected chi connectivity index (χ1v) is 7.97. The predicted octanol–water partition coefficient (Wildman–Crippen LogP) is 4.58. The van der Waals surface area contributed by atoms with Crippen LogP contribution in [0.25, 0.3) is 0 Å². The van der Waals surface area contributed by atoms with Crippen molar-refractivity contribution >= 4 is 15.9 Å². The highest BCUT2D eigenvalue weighted by Gasteiger charge is 2.13. The van der Waals surface area contributed by atoms with Crippen molar-refractivity contribution in [1.82, 2.24) is 5.32 Å². The lowest BCUT2D eigenvalue weighted by atomic mass is 9.95. The first-order chi connectivity index (χ1) is 10.0. The Hall–Kier alpha value is -1.19. The summed E-state index contributed by atoms with van der Waals surface area (Å²) in [6, 6.07) is 12.0. The van der Waals surface area contributed by atoms with E-state index in [4.69, 9.17) is 0 Å². The minimum Gasteiger partial charge on any atom is -0.316 e. The summed E-state index contributed by atoms with van der Waals surface area (Å²) in [5.41, 5.74) is 4.93. The van der Waals surface area contributed by atoms with Gasteiger partial charge >= 0.3 is 0 Å². The maximum atomic E-state index is 13.6. The zero-order chi connectivity index (χ0) is 15.4. The molecule has 2 rings (SSSR count). The molecule has 0 fully saturated rings. The molecule has 1 N–H and O–H groups in total. The van der Waals surface area contributed by atoms with Crippen molar-refractivity contribution in [2.24, 2.45) is 0 Å². The predicted molar refractivity (Wildman–Crippen MR) is 90.3 cm³/mol. The van der Waals surface area contributed by atoms with Crippen LogP contribution in [0.4, 0.5) is 4.39 Å². The van der Waals surface area contributed by atoms with Crippen LogP contribution in [-0.2, 0) is 12.8 Å². The third kappa shape index (κ3) is 4.14. The van der Waals surface area contributed by atoms with Crippen molar-refractivity contribution < 1.29 is 4.39 Å². The van der Waals surface area contributed by atoms with Crippen LogP contribution >= 0.6 is 15.9 Å². The molecule has 2 aromatic carbocycles. The Morgan fingerprint density at radius 3 is 2.52 bits per heavy atom. The molecule has 0 saturated heterocycles. The Bertz CT molecular complexity index is 621. The summed E-state index contributed by atoms with van der Waals surface area (Å²) < 4.78 is 14.2. The number of halogens is 2. The van der Waals surface area contributed by atoms with E-state index in [0.29, 0.717) is 4.47 Å². The Balaban J connectivity index is 2.17. The summed E-state index contributed by atoms with van der Waals surface area (Å²) in [7, 11) is 1.96. The molecule has 0 amide bonds. The van der Waals surface area contributed by atoms with Gasteiger partial charge in [-0.15, -0.1) is 0 Å². The average Bonchev–Trinajstić information content (AvgIpc) is 2.46. The molecule has 2 aromatic rings. The third-order valence-corrected chi connectivity index (χ3v) is 4.77. The molecule has 0 bridgehead atoms. The van der Waals surface area contributed by atoms with E-state index in [-0.39, 0.29) is 11.9 Å². The molecule has 0 spiro atoms. The molecule has 0 aromatic heterocycles. The van der Waals surface area contributed by atoms with Gasteiger partial charge in [0.05, 0.1) is 4.47 Å². The van der Waals surface area contributed by atoms with Crippen LogP contribution < -0.4 is 5.32 Å². The number of benzene rings is 2. The Morgan fingerprint density at radius 2 is 1.81 bits per heavy atom. The van der Waals surface area contributed by atoms with Crippen LogP contribution in [0.1, 0.15) is 22.3 Å². The van der Waals surface area contributed by atoms with Gasteiger partial charge in [0.1, 0.15) is 5.82 Å². The molecular weight excluding hydrogens is 329 g/mol. The van der Waals surface area contributed by atoms with Crippen LogP contribution in [0.5, 0.6) is 0 Å². The van der Waals surface area contributed by atoms with Crippen LogP contribution in [0.2, 0.25) is 0 Å². The van der Waals surface area contributed by atoms with Gasteiger partial charge in [0, 0.05) is 6.04 Å². The Labute approximate surface area is 134 Å². The summed E-state index contributed by atoms with van der Waals surface area (Å²) in [6.45, 7) is 4.25. The van der Waals surface area contributed by atoms with E-state index < -0.39 is 0 Å². The minimum absolute atomic E-state index is 0.200. The van der Waals surface area contributed by atoms with Crippen molar-refractivity contribution in [2.75, 3.05) is 7.05 Å². The molecule has 3 heteroatoms. The zero-order valence-electron chi connectivity index (χ0n) is 12.7. The molecule has 21 heavy (non-hydrogen) atoms. The molecule has 0 heterocycles. The second-order valence-electron chi connectivity index (χ2n) is 5.54. The molecule has 0 aliphatic heterocycles. The van der Waals surface area contributed by atoms with Gasteiger partial charge in [0.15, 0.2) is 0 Å². The first-order valence-electron chi connectivity index (χ1n) is 7.17. The van der Waals surface area contributed by atoms with E-state index in [2.05, 4.69) is 53.3 Å². The van der Waals surface area contributed by atoms with Crippen LogP contribution in [-0.4, -0.2) is 13.1 Å². The SMILES string of the molecule is CNC(Cc1cc(C)ccc1C)Cc1cccc(F)c1Br. The molecule has 0 aliphatic rings. The largest absolute Gasteiger partial charge is 0.316 e. The maximum absolute atomic E-state index is 13.6. The number of hydrogen-bond acceptors (Lipinski definition) is 1. The Kier molecular flexibility index (Phi) is 5.54. The lowest BCUT2D eigenvalue weighted by molar-refractivity contribution is 0.549. The van der Waals surface area contributed by atoms with Crippen molar-refractivity contribution in [3.8, 4) is 0 Å². The average molecular weight is 350 g/mol. The van der Waals surface area contributed by atoms with E-state index >= 15 is 0 Å². The molecule has 1 unspecified atom stereocenters. The maximum Gasteiger partial charge on any atom is 0.137 e. The van der Waals surface area contributed by atoms with Gasteiger partial charge in [-0.1, -0.05) is 35.9 Å². The van der Waals surface area contributed by atoms with Gasteiger partial charge in [0.25, 0.3) is 0 Å². The van der Waals surface area contributed by atoms with Crippen molar-refractivity contribution in [2.45, 2.75) is 32.7 Å². The lowest BCUT2D eigenvalue weighted by Crippen LogP contribution is -2.30. The van der Waals surface area contributed by atoms with Gasteiger partial charge in [-0.3, -0.25) is 0 Å². The molecule has 0 saturated carbocycles. The third-order valence-electron chi connectivity index (χ3n) is 3.88. The van der Waals surface area contributed by atoms with Gasteiger partial charge < -0.3 is 5.32 Å². The van der Waals surface area contributed by atoms with Gasteiger partial charge in [-0.05, 0) is 72.4 Å². The number of nitrogens with one attached hydrogen (secondary N) is 1. The monoisotopic (exact) mass is 349 g/mol. The molecule has 1 nitrogen and oxygen atoms in total. The summed E-state index contributed by atoms with van der Waals surface area (Å²) in [6.07, 6.45) is 1.73. The highest BCUT2D eigenvalue weighted by molar-refractivity contribution is 9.10. The number of likely N-dealkylation sites (N-methyl/N-ethyl adjacent to an activating group) is 1.